The maximum Gasteiger partial charge on any atom is 0.410 e. The molecule has 3 aromatic rings. The van der Waals surface area contributed by atoms with Crippen molar-refractivity contribution < 1.29 is 29.3 Å². The van der Waals surface area contributed by atoms with Crippen LogP contribution in [0.4, 0.5) is 21.1 Å². The van der Waals surface area contributed by atoms with E-state index in [0.717, 1.165) is 40.6 Å². The van der Waals surface area contributed by atoms with Crippen molar-refractivity contribution in [2.24, 2.45) is 0 Å². The number of hydrogen-bond donors (Lipinski definition) is 2. The fourth-order valence-corrected chi connectivity index (χ4v) is 6.48. The summed E-state index contributed by atoms with van der Waals surface area (Å²) in [5.41, 5.74) is 1.46. The Morgan fingerprint density at radius 3 is 2.60 bits per heavy atom. The molecule has 1 atom stereocenters. The van der Waals surface area contributed by atoms with Crippen molar-refractivity contribution in [1.82, 2.24) is 19.8 Å². The molecule has 6 rings (SSSR count). The summed E-state index contributed by atoms with van der Waals surface area (Å²) >= 11 is 0. The van der Waals surface area contributed by atoms with Crippen molar-refractivity contribution >= 4 is 34.5 Å². The molecule has 0 spiro atoms. The largest absolute Gasteiger partial charge is 0.508 e. The standard InChI is InChI=1S/C34H41N7O6/c1-33(2,3)47-32(45)38(4)34(11-12-34)21-46-30-36-27-20-39(28-18-24(42)17-22-7-5-6-8-25(22)28)14-10-26(27)29(37-30)40-15-16-41(31(43)44)23(19-40)9-13-35/h5-8,17-18,23,42H,9-12,14-16,19-21H2,1-4H3,(H,43,44). The molecular formula is C34H41N7O6. The number of likely N-dealkylation sites (N-methyl/N-ethyl adjacent to an activating group) is 1. The zero-order valence-corrected chi connectivity index (χ0v) is 27.3. The van der Waals surface area contributed by atoms with Crippen LogP contribution in [-0.4, -0.2) is 99.2 Å². The molecule has 1 unspecified atom stereocenters. The quantitative estimate of drug-likeness (QED) is 0.366. The first-order valence-corrected chi connectivity index (χ1v) is 15.9. The number of carbonyl (C=O) groups excluding carboxylic acids is 1. The number of nitrogens with zero attached hydrogens (tertiary/aromatic N) is 7. The number of anilines is 2. The Balaban J connectivity index is 1.32. The topological polar surface area (TPSA) is 156 Å². The number of carbonyl (C=O) groups is 2. The van der Waals surface area contributed by atoms with E-state index in [1.54, 1.807) is 24.1 Å². The molecule has 3 aliphatic rings. The molecule has 2 N–H and O–H groups in total. The molecule has 13 heteroatoms. The average Bonchev–Trinajstić information content (AvgIpc) is 3.82. The lowest BCUT2D eigenvalue weighted by atomic mass is 10.0. The highest BCUT2D eigenvalue weighted by atomic mass is 16.6. The summed E-state index contributed by atoms with van der Waals surface area (Å²) in [6.45, 7) is 7.73. The first-order valence-electron chi connectivity index (χ1n) is 15.9. The van der Waals surface area contributed by atoms with Crippen LogP contribution in [0.25, 0.3) is 10.8 Å². The van der Waals surface area contributed by atoms with Crippen molar-refractivity contribution in [3.8, 4) is 17.8 Å². The normalized spacial score (nSPS) is 18.7. The third-order valence-electron chi connectivity index (χ3n) is 9.22. The van der Waals surface area contributed by atoms with E-state index < -0.39 is 29.4 Å². The maximum atomic E-state index is 12.9. The minimum atomic E-state index is -1.04. The van der Waals surface area contributed by atoms with Gasteiger partial charge in [0.2, 0.25) is 0 Å². The summed E-state index contributed by atoms with van der Waals surface area (Å²) in [6, 6.07) is 13.2. The maximum absolute atomic E-state index is 12.9. The highest BCUT2D eigenvalue weighted by Crippen LogP contribution is 2.42. The second-order valence-corrected chi connectivity index (χ2v) is 13.6. The summed E-state index contributed by atoms with van der Waals surface area (Å²) in [5.74, 6) is 0.851. The first kappa shape index (κ1) is 32.0. The zero-order valence-electron chi connectivity index (χ0n) is 27.3. The molecule has 0 radical (unpaired) electrons. The van der Waals surface area contributed by atoms with Crippen molar-refractivity contribution in [1.29, 1.82) is 5.26 Å². The Hall–Kier alpha value is -4.99. The van der Waals surface area contributed by atoms with E-state index in [4.69, 9.17) is 19.4 Å². The number of benzene rings is 2. The van der Waals surface area contributed by atoms with Crippen molar-refractivity contribution in [2.45, 2.75) is 70.2 Å². The lowest BCUT2D eigenvalue weighted by molar-refractivity contribution is 0.0134. The summed E-state index contributed by atoms with van der Waals surface area (Å²) in [6.07, 6.45) is 0.730. The molecule has 0 bridgehead atoms. The van der Waals surface area contributed by atoms with Crippen LogP contribution in [0.1, 0.15) is 51.3 Å². The molecule has 1 aromatic heterocycles. The number of ether oxygens (including phenoxy) is 2. The summed E-state index contributed by atoms with van der Waals surface area (Å²) in [5, 5.41) is 31.7. The number of nitriles is 1. The molecular weight excluding hydrogens is 602 g/mol. The van der Waals surface area contributed by atoms with Crippen molar-refractivity contribution in [2.75, 3.05) is 49.6 Å². The molecule has 1 saturated heterocycles. The molecule has 3 heterocycles. The van der Waals surface area contributed by atoms with Gasteiger partial charge in [-0.2, -0.15) is 15.2 Å². The van der Waals surface area contributed by atoms with Crippen LogP contribution in [0.3, 0.4) is 0 Å². The van der Waals surface area contributed by atoms with E-state index in [1.165, 1.54) is 4.90 Å². The van der Waals surface area contributed by atoms with Gasteiger partial charge in [-0.3, -0.25) is 0 Å². The fraction of sp³-hybridized carbons (Fsp3) is 0.500. The predicted molar refractivity (Wildman–Crippen MR) is 175 cm³/mol. The summed E-state index contributed by atoms with van der Waals surface area (Å²) < 4.78 is 11.9. The van der Waals surface area contributed by atoms with E-state index in [-0.39, 0.29) is 31.3 Å². The lowest BCUT2D eigenvalue weighted by Crippen LogP contribution is -2.55. The van der Waals surface area contributed by atoms with Crippen molar-refractivity contribution in [3.63, 3.8) is 0 Å². The fourth-order valence-electron chi connectivity index (χ4n) is 6.48. The van der Waals surface area contributed by atoms with E-state index in [9.17, 15) is 25.1 Å². The van der Waals surface area contributed by atoms with Crippen LogP contribution in [0, 0.1) is 11.3 Å². The molecule has 2 fully saturated rings. The van der Waals surface area contributed by atoms with Crippen LogP contribution >= 0.6 is 0 Å². The average molecular weight is 644 g/mol. The van der Waals surface area contributed by atoms with Gasteiger partial charge in [-0.05, 0) is 51.5 Å². The molecule has 1 saturated carbocycles. The van der Waals surface area contributed by atoms with Crippen LogP contribution in [0.15, 0.2) is 36.4 Å². The summed E-state index contributed by atoms with van der Waals surface area (Å²) in [7, 11) is 1.72. The third kappa shape index (κ3) is 6.63. The van der Waals surface area contributed by atoms with E-state index in [0.29, 0.717) is 38.4 Å². The van der Waals surface area contributed by atoms with E-state index >= 15 is 0 Å². The second-order valence-electron chi connectivity index (χ2n) is 13.6. The van der Waals surface area contributed by atoms with E-state index in [1.807, 2.05) is 49.9 Å². The minimum absolute atomic E-state index is 0.0668. The highest BCUT2D eigenvalue weighted by Gasteiger charge is 2.51. The van der Waals surface area contributed by atoms with Gasteiger partial charge in [0, 0.05) is 55.9 Å². The molecule has 2 aliphatic heterocycles. The van der Waals surface area contributed by atoms with Gasteiger partial charge in [0.25, 0.3) is 0 Å². The van der Waals surface area contributed by atoms with Gasteiger partial charge < -0.3 is 39.3 Å². The van der Waals surface area contributed by atoms with Gasteiger partial charge >= 0.3 is 18.2 Å². The molecule has 2 aromatic carbocycles. The van der Waals surface area contributed by atoms with Gasteiger partial charge in [0.05, 0.1) is 36.3 Å². The Bertz CT molecular complexity index is 1730. The lowest BCUT2D eigenvalue weighted by Gasteiger charge is -2.41. The number of fused-ring (bicyclic) bond motifs is 2. The number of carboxylic acid groups (broad SMARTS) is 1. The third-order valence-corrected chi connectivity index (χ3v) is 9.22. The molecule has 248 valence electrons. The predicted octanol–water partition coefficient (Wildman–Crippen LogP) is 4.76. The van der Waals surface area contributed by atoms with Gasteiger partial charge in [0.1, 0.15) is 23.8 Å². The molecule has 47 heavy (non-hydrogen) atoms. The van der Waals surface area contributed by atoms with Crippen LogP contribution in [0.5, 0.6) is 11.8 Å². The van der Waals surface area contributed by atoms with Crippen LogP contribution < -0.4 is 14.5 Å². The number of phenols is 1. The number of piperazine rings is 1. The van der Waals surface area contributed by atoms with Crippen LogP contribution in [0.2, 0.25) is 0 Å². The van der Waals surface area contributed by atoms with Gasteiger partial charge in [-0.1, -0.05) is 24.3 Å². The number of amides is 2. The minimum Gasteiger partial charge on any atom is -0.508 e. The van der Waals surface area contributed by atoms with Gasteiger partial charge in [0.15, 0.2) is 0 Å². The number of hydrogen-bond acceptors (Lipinski definition) is 10. The van der Waals surface area contributed by atoms with E-state index in [2.05, 4.69) is 11.0 Å². The van der Waals surface area contributed by atoms with Crippen molar-refractivity contribution in [3.05, 3.63) is 47.7 Å². The number of phenolic OH excluding ortho intramolecular Hbond substituents is 1. The SMILES string of the molecule is CN(C(=O)OC(C)(C)C)C1(COc2nc3c(c(N4CCN(C(=O)O)C(CC#N)C4)n2)CCN(c2cc(O)cc4ccccc24)C3)CC1. The number of rotatable bonds is 7. The zero-order chi connectivity index (χ0) is 33.5. The first-order chi connectivity index (χ1) is 22.4. The number of aromatic nitrogens is 2. The van der Waals surface area contributed by atoms with Crippen LogP contribution in [-0.2, 0) is 17.7 Å². The van der Waals surface area contributed by atoms with Gasteiger partial charge in [-0.25, -0.2) is 9.59 Å². The highest BCUT2D eigenvalue weighted by molar-refractivity contribution is 5.95. The Kier molecular flexibility index (Phi) is 8.38. The molecule has 13 nitrogen and oxygen atoms in total. The molecule has 1 aliphatic carbocycles. The smallest absolute Gasteiger partial charge is 0.410 e. The second kappa shape index (κ2) is 12.3. The Morgan fingerprint density at radius 1 is 1.13 bits per heavy atom. The monoisotopic (exact) mass is 643 g/mol. The van der Waals surface area contributed by atoms with Gasteiger partial charge in [-0.15, -0.1) is 0 Å². The number of aromatic hydroxyl groups is 1. The summed E-state index contributed by atoms with van der Waals surface area (Å²) in [4.78, 5) is 41.7. The molecule has 2 amide bonds. The Morgan fingerprint density at radius 2 is 1.89 bits per heavy atom. The Labute approximate surface area is 273 Å².